The van der Waals surface area contributed by atoms with Crippen molar-refractivity contribution >= 4 is 11.8 Å². The molecule has 0 saturated carbocycles. The van der Waals surface area contributed by atoms with Crippen LogP contribution in [-0.2, 0) is 0 Å². The molecule has 1 fully saturated rings. The zero-order valence-electron chi connectivity index (χ0n) is 11.0. The molecule has 1 aliphatic rings. The largest absolute Gasteiger partial charge is 0.477 e. The summed E-state index contributed by atoms with van der Waals surface area (Å²) in [5.74, 6) is 0.145. The summed E-state index contributed by atoms with van der Waals surface area (Å²) in [6, 6.07) is 11.0. The highest BCUT2D eigenvalue weighted by Gasteiger charge is 2.18. The maximum atomic E-state index is 11.2. The molecule has 0 unspecified atom stereocenters. The average molecular weight is 269 g/mol. The second-order valence-corrected chi connectivity index (χ2v) is 4.80. The zero-order chi connectivity index (χ0) is 13.9. The molecule has 0 aliphatic carbocycles. The maximum absolute atomic E-state index is 11.2. The summed E-state index contributed by atoms with van der Waals surface area (Å²) in [5.41, 5.74) is 0.872. The van der Waals surface area contributed by atoms with Crippen molar-refractivity contribution in [2.24, 2.45) is 0 Å². The molecule has 5 heteroatoms. The Labute approximate surface area is 116 Å². The molecule has 1 N–H and O–H groups in total. The fourth-order valence-corrected chi connectivity index (χ4v) is 2.37. The standard InChI is InChI=1S/C15H15N3O2/c19-15(20)12-10-13(18-8-4-5-9-18)17-14(16-12)11-6-2-1-3-7-11/h1-3,6-7,10H,4-5,8-9H2,(H,19,20). The number of aromatic nitrogens is 2. The van der Waals surface area contributed by atoms with Crippen LogP contribution >= 0.6 is 0 Å². The van der Waals surface area contributed by atoms with Crippen molar-refractivity contribution in [3.8, 4) is 11.4 Å². The van der Waals surface area contributed by atoms with Crippen LogP contribution in [0.1, 0.15) is 23.3 Å². The van der Waals surface area contributed by atoms with Gasteiger partial charge in [-0.05, 0) is 12.8 Å². The Bertz CT molecular complexity index is 622. The molecule has 20 heavy (non-hydrogen) atoms. The Hall–Kier alpha value is -2.43. The van der Waals surface area contributed by atoms with Gasteiger partial charge in [0.05, 0.1) is 0 Å². The zero-order valence-corrected chi connectivity index (χ0v) is 11.0. The second-order valence-electron chi connectivity index (χ2n) is 4.80. The Morgan fingerprint density at radius 2 is 1.80 bits per heavy atom. The third kappa shape index (κ3) is 2.47. The molecule has 5 nitrogen and oxygen atoms in total. The van der Waals surface area contributed by atoms with E-state index >= 15 is 0 Å². The van der Waals surface area contributed by atoms with Gasteiger partial charge in [-0.25, -0.2) is 14.8 Å². The number of hydrogen-bond donors (Lipinski definition) is 1. The first-order valence-corrected chi connectivity index (χ1v) is 6.67. The topological polar surface area (TPSA) is 66.3 Å². The van der Waals surface area contributed by atoms with E-state index in [-0.39, 0.29) is 5.69 Å². The van der Waals surface area contributed by atoms with Crippen LogP contribution in [0.2, 0.25) is 0 Å². The number of rotatable bonds is 3. The van der Waals surface area contributed by atoms with Gasteiger partial charge in [0.25, 0.3) is 0 Å². The van der Waals surface area contributed by atoms with E-state index in [2.05, 4.69) is 14.9 Å². The Morgan fingerprint density at radius 3 is 2.45 bits per heavy atom. The molecule has 0 bridgehead atoms. The van der Waals surface area contributed by atoms with Gasteiger partial charge in [0.2, 0.25) is 0 Å². The summed E-state index contributed by atoms with van der Waals surface area (Å²) in [4.78, 5) is 22.0. The van der Waals surface area contributed by atoms with Crippen molar-refractivity contribution in [2.45, 2.75) is 12.8 Å². The van der Waals surface area contributed by atoms with E-state index < -0.39 is 5.97 Å². The van der Waals surface area contributed by atoms with Crippen LogP contribution < -0.4 is 4.90 Å². The van der Waals surface area contributed by atoms with Gasteiger partial charge in [-0.15, -0.1) is 0 Å². The predicted molar refractivity (Wildman–Crippen MR) is 75.9 cm³/mol. The van der Waals surface area contributed by atoms with E-state index in [0.717, 1.165) is 31.5 Å². The first-order chi connectivity index (χ1) is 9.74. The molecule has 0 spiro atoms. The molecular weight excluding hydrogens is 254 g/mol. The molecule has 2 heterocycles. The van der Waals surface area contributed by atoms with E-state index in [0.29, 0.717) is 11.6 Å². The summed E-state index contributed by atoms with van der Waals surface area (Å²) in [7, 11) is 0. The minimum atomic E-state index is -1.02. The predicted octanol–water partition coefficient (Wildman–Crippen LogP) is 2.44. The smallest absolute Gasteiger partial charge is 0.354 e. The molecule has 0 radical (unpaired) electrons. The highest BCUT2D eigenvalue weighted by molar-refractivity contribution is 5.87. The Morgan fingerprint density at radius 1 is 1.10 bits per heavy atom. The monoisotopic (exact) mass is 269 g/mol. The molecule has 102 valence electrons. The van der Waals surface area contributed by atoms with Crippen LogP contribution in [0, 0.1) is 0 Å². The molecule has 1 saturated heterocycles. The van der Waals surface area contributed by atoms with Gasteiger partial charge in [0.15, 0.2) is 11.5 Å². The normalized spacial score (nSPS) is 14.5. The summed E-state index contributed by atoms with van der Waals surface area (Å²) < 4.78 is 0. The van der Waals surface area contributed by atoms with E-state index in [1.165, 1.54) is 0 Å². The SMILES string of the molecule is O=C(O)c1cc(N2CCCC2)nc(-c2ccccc2)n1. The summed E-state index contributed by atoms with van der Waals surface area (Å²) in [5, 5.41) is 9.21. The minimum Gasteiger partial charge on any atom is -0.477 e. The van der Waals surface area contributed by atoms with Crippen molar-refractivity contribution < 1.29 is 9.90 Å². The van der Waals surface area contributed by atoms with Crippen molar-refractivity contribution in [3.63, 3.8) is 0 Å². The summed E-state index contributed by atoms with van der Waals surface area (Å²) in [6.07, 6.45) is 2.24. The lowest BCUT2D eigenvalue weighted by Crippen LogP contribution is -2.20. The van der Waals surface area contributed by atoms with E-state index in [4.69, 9.17) is 0 Å². The number of anilines is 1. The highest BCUT2D eigenvalue weighted by Crippen LogP contribution is 2.23. The molecule has 2 aromatic rings. The molecular formula is C15H15N3O2. The van der Waals surface area contributed by atoms with Gasteiger partial charge in [-0.1, -0.05) is 30.3 Å². The van der Waals surface area contributed by atoms with Crippen LogP contribution in [-0.4, -0.2) is 34.1 Å². The van der Waals surface area contributed by atoms with Crippen molar-refractivity contribution in [1.82, 2.24) is 9.97 Å². The third-order valence-corrected chi connectivity index (χ3v) is 3.39. The second kappa shape index (κ2) is 5.28. The van der Waals surface area contributed by atoms with Crippen LogP contribution in [0.15, 0.2) is 36.4 Å². The summed E-state index contributed by atoms with van der Waals surface area (Å²) in [6.45, 7) is 1.84. The molecule has 3 rings (SSSR count). The Balaban J connectivity index is 2.07. The molecule has 0 amide bonds. The average Bonchev–Trinajstić information content (AvgIpc) is 3.02. The Kier molecular flexibility index (Phi) is 3.33. The lowest BCUT2D eigenvalue weighted by Gasteiger charge is -2.17. The van der Waals surface area contributed by atoms with Crippen molar-refractivity contribution in [3.05, 3.63) is 42.1 Å². The molecule has 1 aromatic heterocycles. The van der Waals surface area contributed by atoms with E-state index in [9.17, 15) is 9.90 Å². The lowest BCUT2D eigenvalue weighted by atomic mass is 10.2. The van der Waals surface area contributed by atoms with Crippen LogP contribution in [0.3, 0.4) is 0 Å². The fraction of sp³-hybridized carbons (Fsp3) is 0.267. The van der Waals surface area contributed by atoms with Crippen molar-refractivity contribution in [1.29, 1.82) is 0 Å². The number of carboxylic acids is 1. The number of carboxylic acid groups (broad SMARTS) is 1. The number of carbonyl (C=O) groups is 1. The quantitative estimate of drug-likeness (QED) is 0.927. The lowest BCUT2D eigenvalue weighted by molar-refractivity contribution is 0.0690. The van der Waals surface area contributed by atoms with Crippen LogP contribution in [0.5, 0.6) is 0 Å². The first kappa shape index (κ1) is 12.6. The third-order valence-electron chi connectivity index (χ3n) is 3.39. The van der Waals surface area contributed by atoms with Crippen molar-refractivity contribution in [2.75, 3.05) is 18.0 Å². The highest BCUT2D eigenvalue weighted by atomic mass is 16.4. The van der Waals surface area contributed by atoms with Gasteiger partial charge < -0.3 is 10.0 Å². The fourth-order valence-electron chi connectivity index (χ4n) is 2.37. The first-order valence-electron chi connectivity index (χ1n) is 6.67. The van der Waals surface area contributed by atoms with Gasteiger partial charge >= 0.3 is 5.97 Å². The number of hydrogen-bond acceptors (Lipinski definition) is 4. The van der Waals surface area contributed by atoms with Crippen LogP contribution in [0.25, 0.3) is 11.4 Å². The number of benzene rings is 1. The van der Waals surface area contributed by atoms with Gasteiger partial charge in [0.1, 0.15) is 5.82 Å². The number of nitrogens with zero attached hydrogens (tertiary/aromatic N) is 3. The minimum absolute atomic E-state index is 0.0424. The molecule has 0 atom stereocenters. The molecule has 1 aromatic carbocycles. The summed E-state index contributed by atoms with van der Waals surface area (Å²) >= 11 is 0. The maximum Gasteiger partial charge on any atom is 0.354 e. The van der Waals surface area contributed by atoms with E-state index in [1.807, 2.05) is 30.3 Å². The van der Waals surface area contributed by atoms with Gasteiger partial charge in [0, 0.05) is 24.7 Å². The van der Waals surface area contributed by atoms with Gasteiger partial charge in [-0.2, -0.15) is 0 Å². The number of aromatic carboxylic acids is 1. The molecule has 1 aliphatic heterocycles. The van der Waals surface area contributed by atoms with Crippen LogP contribution in [0.4, 0.5) is 5.82 Å². The van der Waals surface area contributed by atoms with Gasteiger partial charge in [-0.3, -0.25) is 0 Å². The van der Waals surface area contributed by atoms with E-state index in [1.54, 1.807) is 6.07 Å².